The molecule has 6 heteroatoms. The molecule has 1 N–H and O–H groups in total. The molecule has 1 fully saturated rings. The van der Waals surface area contributed by atoms with Gasteiger partial charge in [-0.3, -0.25) is 9.59 Å². The third-order valence-corrected chi connectivity index (χ3v) is 4.07. The van der Waals surface area contributed by atoms with Gasteiger partial charge in [0.25, 0.3) is 5.91 Å². The van der Waals surface area contributed by atoms with E-state index in [0.717, 1.165) is 0 Å². The van der Waals surface area contributed by atoms with Crippen molar-refractivity contribution in [2.75, 3.05) is 26.3 Å². The molecule has 1 atom stereocenters. The molecule has 1 aromatic carbocycles. The number of amides is 1. The van der Waals surface area contributed by atoms with E-state index in [9.17, 15) is 14.7 Å². The first-order chi connectivity index (χ1) is 11.0. The molecule has 0 aromatic heterocycles. The number of benzene rings is 1. The highest BCUT2D eigenvalue weighted by Gasteiger charge is 2.39. The molecule has 0 saturated carbocycles. The van der Waals surface area contributed by atoms with Gasteiger partial charge in [-0.1, -0.05) is 12.1 Å². The van der Waals surface area contributed by atoms with Gasteiger partial charge in [0, 0.05) is 13.1 Å². The maximum Gasteiger partial charge on any atom is 0.311 e. The zero-order chi connectivity index (χ0) is 16.9. The number of carbonyl (C=O) groups excluding carboxylic acids is 1. The minimum absolute atomic E-state index is 0.125. The molecular formula is C17H23NO5. The van der Waals surface area contributed by atoms with Gasteiger partial charge >= 0.3 is 5.97 Å². The SMILES string of the molecule is CCOc1ccccc1OCC(=O)N1CCCC(C)(C(=O)O)C1. The number of nitrogens with zero attached hydrogens (tertiary/aromatic N) is 1. The van der Waals surface area contributed by atoms with Crippen LogP contribution >= 0.6 is 0 Å². The van der Waals surface area contributed by atoms with Gasteiger partial charge in [0.15, 0.2) is 18.1 Å². The molecule has 1 unspecified atom stereocenters. The van der Waals surface area contributed by atoms with Gasteiger partial charge in [-0.25, -0.2) is 0 Å². The Morgan fingerprint density at radius 2 is 1.91 bits per heavy atom. The van der Waals surface area contributed by atoms with Crippen LogP contribution < -0.4 is 9.47 Å². The highest BCUT2D eigenvalue weighted by atomic mass is 16.5. The summed E-state index contributed by atoms with van der Waals surface area (Å²) in [6.07, 6.45) is 1.27. The summed E-state index contributed by atoms with van der Waals surface area (Å²) in [6.45, 7) is 4.73. The van der Waals surface area contributed by atoms with E-state index in [1.807, 2.05) is 19.1 Å². The van der Waals surface area contributed by atoms with Gasteiger partial charge in [-0.05, 0) is 38.8 Å². The van der Waals surface area contributed by atoms with Crippen LogP contribution in [0.4, 0.5) is 0 Å². The molecular weight excluding hydrogens is 298 g/mol. The molecule has 6 nitrogen and oxygen atoms in total. The third kappa shape index (κ3) is 4.15. The van der Waals surface area contributed by atoms with E-state index in [0.29, 0.717) is 37.5 Å². The second-order valence-corrected chi connectivity index (χ2v) is 5.95. The highest BCUT2D eigenvalue weighted by molar-refractivity contribution is 5.80. The number of piperidine rings is 1. The number of carboxylic acids is 1. The average Bonchev–Trinajstić information content (AvgIpc) is 2.54. The zero-order valence-electron chi connectivity index (χ0n) is 13.6. The van der Waals surface area contributed by atoms with Crippen molar-refractivity contribution in [3.8, 4) is 11.5 Å². The van der Waals surface area contributed by atoms with Crippen LogP contribution in [0.15, 0.2) is 24.3 Å². The normalized spacial score (nSPS) is 20.9. The van der Waals surface area contributed by atoms with Gasteiger partial charge in [-0.2, -0.15) is 0 Å². The second-order valence-electron chi connectivity index (χ2n) is 5.95. The largest absolute Gasteiger partial charge is 0.490 e. The molecule has 0 aliphatic carbocycles. The van der Waals surface area contributed by atoms with Crippen LogP contribution in [0.2, 0.25) is 0 Å². The van der Waals surface area contributed by atoms with Crippen LogP contribution in [0.1, 0.15) is 26.7 Å². The third-order valence-electron chi connectivity index (χ3n) is 4.07. The van der Waals surface area contributed by atoms with E-state index in [1.54, 1.807) is 24.0 Å². The smallest absolute Gasteiger partial charge is 0.311 e. The minimum Gasteiger partial charge on any atom is -0.490 e. The van der Waals surface area contributed by atoms with Crippen LogP contribution in [0.25, 0.3) is 0 Å². The fraction of sp³-hybridized carbons (Fsp3) is 0.529. The van der Waals surface area contributed by atoms with Crippen LogP contribution in [0.3, 0.4) is 0 Å². The molecule has 23 heavy (non-hydrogen) atoms. The molecule has 1 aliphatic heterocycles. The van der Waals surface area contributed by atoms with Crippen LogP contribution in [0.5, 0.6) is 11.5 Å². The van der Waals surface area contributed by atoms with Crippen molar-refractivity contribution in [3.63, 3.8) is 0 Å². The quantitative estimate of drug-likeness (QED) is 0.869. The van der Waals surface area contributed by atoms with Crippen LogP contribution in [-0.2, 0) is 9.59 Å². The van der Waals surface area contributed by atoms with Crippen molar-refractivity contribution in [3.05, 3.63) is 24.3 Å². The number of likely N-dealkylation sites (tertiary alicyclic amines) is 1. The molecule has 0 bridgehead atoms. The molecule has 1 aromatic rings. The maximum atomic E-state index is 12.3. The van der Waals surface area contributed by atoms with Crippen LogP contribution in [-0.4, -0.2) is 48.2 Å². The predicted molar refractivity (Wildman–Crippen MR) is 84.7 cm³/mol. The number of carbonyl (C=O) groups is 2. The lowest BCUT2D eigenvalue weighted by molar-refractivity contribution is -0.153. The fourth-order valence-corrected chi connectivity index (χ4v) is 2.70. The van der Waals surface area contributed by atoms with Crippen LogP contribution in [0, 0.1) is 5.41 Å². The Morgan fingerprint density at radius 1 is 1.26 bits per heavy atom. The van der Waals surface area contributed by atoms with Gasteiger partial charge in [0.2, 0.25) is 0 Å². The number of carboxylic acid groups (broad SMARTS) is 1. The average molecular weight is 321 g/mol. The number of hydrogen-bond donors (Lipinski definition) is 1. The molecule has 0 radical (unpaired) electrons. The Hall–Kier alpha value is -2.24. The van der Waals surface area contributed by atoms with E-state index in [2.05, 4.69) is 0 Å². The summed E-state index contributed by atoms with van der Waals surface area (Å²) in [7, 11) is 0. The number of para-hydroxylation sites is 2. The van der Waals surface area contributed by atoms with Gasteiger partial charge in [0.1, 0.15) is 0 Å². The van der Waals surface area contributed by atoms with Gasteiger partial charge in [-0.15, -0.1) is 0 Å². The maximum absolute atomic E-state index is 12.3. The van der Waals surface area contributed by atoms with Crippen molar-refractivity contribution in [2.24, 2.45) is 5.41 Å². The highest BCUT2D eigenvalue weighted by Crippen LogP contribution is 2.30. The molecule has 1 heterocycles. The lowest BCUT2D eigenvalue weighted by Crippen LogP contribution is -2.49. The Morgan fingerprint density at radius 3 is 2.52 bits per heavy atom. The number of ether oxygens (including phenoxy) is 2. The Labute approximate surface area is 136 Å². The molecule has 126 valence electrons. The second kappa shape index (κ2) is 7.35. The Kier molecular flexibility index (Phi) is 5.47. The van der Waals surface area contributed by atoms with Crippen molar-refractivity contribution >= 4 is 11.9 Å². The molecule has 1 amide bonds. The number of rotatable bonds is 6. The topological polar surface area (TPSA) is 76.1 Å². The Balaban J connectivity index is 1.96. The first-order valence-electron chi connectivity index (χ1n) is 7.82. The standard InChI is InChI=1S/C17H23NO5/c1-3-22-13-7-4-5-8-14(13)23-11-15(19)18-10-6-9-17(2,12-18)16(20)21/h4-5,7-8H,3,6,9-12H2,1-2H3,(H,20,21). The summed E-state index contributed by atoms with van der Waals surface area (Å²) >= 11 is 0. The molecule has 1 aliphatic rings. The van der Waals surface area contributed by atoms with E-state index in [-0.39, 0.29) is 19.1 Å². The lowest BCUT2D eigenvalue weighted by atomic mass is 9.82. The van der Waals surface area contributed by atoms with E-state index in [1.165, 1.54) is 0 Å². The summed E-state index contributed by atoms with van der Waals surface area (Å²) in [5.41, 5.74) is -0.878. The molecule has 0 spiro atoms. The van der Waals surface area contributed by atoms with Gasteiger partial charge in [0.05, 0.1) is 12.0 Å². The van der Waals surface area contributed by atoms with E-state index >= 15 is 0 Å². The van der Waals surface area contributed by atoms with Crippen molar-refractivity contribution in [2.45, 2.75) is 26.7 Å². The minimum atomic E-state index is -0.878. The van der Waals surface area contributed by atoms with E-state index in [4.69, 9.17) is 9.47 Å². The summed E-state index contributed by atoms with van der Waals surface area (Å²) < 4.78 is 11.0. The molecule has 1 saturated heterocycles. The Bertz CT molecular complexity index is 574. The monoisotopic (exact) mass is 321 g/mol. The first kappa shape index (κ1) is 17.1. The summed E-state index contributed by atoms with van der Waals surface area (Å²) in [4.78, 5) is 25.2. The fourth-order valence-electron chi connectivity index (χ4n) is 2.70. The zero-order valence-corrected chi connectivity index (χ0v) is 13.6. The summed E-state index contributed by atoms with van der Waals surface area (Å²) in [5, 5.41) is 9.31. The van der Waals surface area contributed by atoms with Crippen molar-refractivity contribution in [1.29, 1.82) is 0 Å². The predicted octanol–water partition coefficient (Wildman–Crippen LogP) is 2.18. The molecule has 2 rings (SSSR count). The summed E-state index contributed by atoms with van der Waals surface area (Å²) in [6, 6.07) is 7.18. The van der Waals surface area contributed by atoms with Crippen molar-refractivity contribution < 1.29 is 24.2 Å². The first-order valence-corrected chi connectivity index (χ1v) is 7.82. The number of aliphatic carboxylic acids is 1. The van der Waals surface area contributed by atoms with Crippen molar-refractivity contribution in [1.82, 2.24) is 4.90 Å². The summed E-state index contributed by atoms with van der Waals surface area (Å²) in [5.74, 6) is 0.0404. The van der Waals surface area contributed by atoms with Gasteiger partial charge < -0.3 is 19.5 Å². The van der Waals surface area contributed by atoms with E-state index < -0.39 is 11.4 Å². The number of hydrogen-bond acceptors (Lipinski definition) is 4. The lowest BCUT2D eigenvalue weighted by Gasteiger charge is -2.37.